The number of carbonyl (C=O) groups is 1. The molecule has 0 atom stereocenters. The number of aromatic nitrogens is 1. The van der Waals surface area contributed by atoms with E-state index in [1.165, 1.54) is 23.1 Å². The monoisotopic (exact) mass is 443 g/mol. The molecule has 1 N–H and O–H groups in total. The van der Waals surface area contributed by atoms with E-state index in [0.29, 0.717) is 24.1 Å². The smallest absolute Gasteiger partial charge is 0.407 e. The van der Waals surface area contributed by atoms with Crippen LogP contribution in [0.2, 0.25) is 5.02 Å². The third-order valence-corrected chi connectivity index (χ3v) is 6.14. The van der Waals surface area contributed by atoms with Gasteiger partial charge in [0.2, 0.25) is 0 Å². The van der Waals surface area contributed by atoms with Crippen molar-refractivity contribution in [3.63, 3.8) is 0 Å². The fraction of sp³-hybridized carbons (Fsp3) is 0.375. The summed E-state index contributed by atoms with van der Waals surface area (Å²) in [6.45, 7) is 5.54. The van der Waals surface area contributed by atoms with Gasteiger partial charge in [-0.1, -0.05) is 17.7 Å². The van der Waals surface area contributed by atoms with Gasteiger partial charge in [0.05, 0.1) is 12.1 Å². The van der Waals surface area contributed by atoms with Crippen LogP contribution in [0.1, 0.15) is 31.2 Å². The van der Waals surface area contributed by atoms with Gasteiger partial charge < -0.3 is 19.5 Å². The zero-order valence-electron chi connectivity index (χ0n) is 17.6. The van der Waals surface area contributed by atoms with E-state index in [9.17, 15) is 9.18 Å². The number of likely N-dealkylation sites (tertiary alicyclic amines) is 1. The number of fused-ring (bicyclic) bond motifs is 1. The van der Waals surface area contributed by atoms with Crippen molar-refractivity contribution in [2.75, 3.05) is 32.8 Å². The molecule has 0 unspecified atom stereocenters. The lowest BCUT2D eigenvalue weighted by Gasteiger charge is -2.31. The standard InChI is InChI=1S/C24H27ClFN3O2/c1-2-31-24(30)27-11-14-28-12-9-17(10-13-28)22-16-29(20-6-4-19(26)5-7-20)23-15-18(25)3-8-21(22)23/h3-8,15-17H,2,9-14H2,1H3,(H,27,30). The van der Waals surface area contributed by atoms with Gasteiger partial charge in [-0.05, 0) is 80.7 Å². The first-order valence-electron chi connectivity index (χ1n) is 10.7. The average Bonchev–Trinajstić information content (AvgIpc) is 3.13. The molecule has 0 radical (unpaired) electrons. The van der Waals surface area contributed by atoms with Crippen LogP contribution in [0.5, 0.6) is 0 Å². The van der Waals surface area contributed by atoms with Crippen LogP contribution in [-0.2, 0) is 4.74 Å². The average molecular weight is 444 g/mol. The van der Waals surface area contributed by atoms with Gasteiger partial charge in [-0.15, -0.1) is 0 Å². The van der Waals surface area contributed by atoms with Gasteiger partial charge >= 0.3 is 6.09 Å². The van der Waals surface area contributed by atoms with E-state index < -0.39 is 0 Å². The number of hydrogen-bond acceptors (Lipinski definition) is 3. The van der Waals surface area contributed by atoms with Gasteiger partial charge in [0.15, 0.2) is 0 Å². The van der Waals surface area contributed by atoms with E-state index in [1.54, 1.807) is 19.1 Å². The quantitative estimate of drug-likeness (QED) is 0.558. The highest BCUT2D eigenvalue weighted by Crippen LogP contribution is 2.36. The third-order valence-electron chi connectivity index (χ3n) is 5.90. The van der Waals surface area contributed by atoms with Gasteiger partial charge in [0.25, 0.3) is 0 Å². The van der Waals surface area contributed by atoms with Gasteiger partial charge in [0, 0.05) is 35.4 Å². The molecule has 1 amide bonds. The fourth-order valence-electron chi connectivity index (χ4n) is 4.33. The first kappa shape index (κ1) is 21.7. The second-order valence-corrected chi connectivity index (χ2v) is 8.29. The van der Waals surface area contributed by atoms with E-state index in [0.717, 1.165) is 43.7 Å². The highest BCUT2D eigenvalue weighted by molar-refractivity contribution is 6.31. The van der Waals surface area contributed by atoms with Crippen molar-refractivity contribution in [1.29, 1.82) is 0 Å². The molecule has 5 nitrogen and oxygen atoms in total. The van der Waals surface area contributed by atoms with Gasteiger partial charge in [0.1, 0.15) is 5.82 Å². The summed E-state index contributed by atoms with van der Waals surface area (Å²) in [4.78, 5) is 13.8. The number of nitrogens with zero attached hydrogens (tertiary/aromatic N) is 2. The van der Waals surface area contributed by atoms with Crippen LogP contribution in [0.15, 0.2) is 48.7 Å². The van der Waals surface area contributed by atoms with Crippen LogP contribution in [-0.4, -0.2) is 48.3 Å². The Hall–Kier alpha value is -2.57. The second-order valence-electron chi connectivity index (χ2n) is 7.86. The minimum absolute atomic E-state index is 0.247. The van der Waals surface area contributed by atoms with Crippen molar-refractivity contribution in [3.05, 3.63) is 65.1 Å². The SMILES string of the molecule is CCOC(=O)NCCN1CCC(c2cn(-c3ccc(F)cc3)c3cc(Cl)ccc23)CC1. The molecule has 31 heavy (non-hydrogen) atoms. The van der Waals surface area contributed by atoms with Crippen molar-refractivity contribution < 1.29 is 13.9 Å². The highest BCUT2D eigenvalue weighted by Gasteiger charge is 2.24. The topological polar surface area (TPSA) is 46.5 Å². The van der Waals surface area contributed by atoms with Crippen LogP contribution in [0.25, 0.3) is 16.6 Å². The minimum atomic E-state index is -0.357. The largest absolute Gasteiger partial charge is 0.450 e. The Morgan fingerprint density at radius 1 is 1.19 bits per heavy atom. The first-order chi connectivity index (χ1) is 15.0. The van der Waals surface area contributed by atoms with Crippen LogP contribution in [0.4, 0.5) is 9.18 Å². The Bertz CT molecular complexity index is 1040. The number of carbonyl (C=O) groups excluding carboxylic acids is 1. The van der Waals surface area contributed by atoms with E-state index in [1.807, 2.05) is 12.1 Å². The Kier molecular flexibility index (Phi) is 6.78. The zero-order chi connectivity index (χ0) is 21.8. The number of hydrogen-bond donors (Lipinski definition) is 1. The number of nitrogens with one attached hydrogen (secondary N) is 1. The Balaban J connectivity index is 1.48. The predicted octanol–water partition coefficient (Wildman–Crippen LogP) is 5.35. The van der Waals surface area contributed by atoms with Crippen LogP contribution >= 0.6 is 11.6 Å². The molecule has 1 aliphatic rings. The van der Waals surface area contributed by atoms with E-state index in [4.69, 9.17) is 16.3 Å². The summed E-state index contributed by atoms with van der Waals surface area (Å²) in [5, 5.41) is 4.66. The summed E-state index contributed by atoms with van der Waals surface area (Å²) in [6, 6.07) is 12.5. The molecule has 164 valence electrons. The van der Waals surface area contributed by atoms with Crippen molar-refractivity contribution >= 4 is 28.6 Å². The maximum atomic E-state index is 13.4. The number of amides is 1. The Morgan fingerprint density at radius 3 is 2.65 bits per heavy atom. The first-order valence-corrected chi connectivity index (χ1v) is 11.1. The normalized spacial score (nSPS) is 15.3. The molecule has 3 aromatic rings. The number of piperidine rings is 1. The van der Waals surface area contributed by atoms with Gasteiger partial charge in [-0.2, -0.15) is 0 Å². The van der Waals surface area contributed by atoms with Crippen molar-refractivity contribution in [2.45, 2.75) is 25.7 Å². The van der Waals surface area contributed by atoms with E-state index in [2.05, 4.69) is 27.0 Å². The molecular weight excluding hydrogens is 417 g/mol. The lowest BCUT2D eigenvalue weighted by molar-refractivity contribution is 0.148. The number of alkyl carbamates (subject to hydrolysis) is 1. The Morgan fingerprint density at radius 2 is 1.94 bits per heavy atom. The van der Waals surface area contributed by atoms with E-state index in [-0.39, 0.29) is 11.9 Å². The number of halogens is 2. The summed E-state index contributed by atoms with van der Waals surface area (Å²) in [5.41, 5.74) is 3.26. The van der Waals surface area contributed by atoms with Crippen molar-refractivity contribution in [1.82, 2.24) is 14.8 Å². The summed E-state index contributed by atoms with van der Waals surface area (Å²) < 4.78 is 20.4. The zero-order valence-corrected chi connectivity index (χ0v) is 18.4. The molecule has 0 saturated carbocycles. The second kappa shape index (κ2) is 9.71. The molecule has 7 heteroatoms. The maximum Gasteiger partial charge on any atom is 0.407 e. The van der Waals surface area contributed by atoms with Crippen LogP contribution in [0.3, 0.4) is 0 Å². The van der Waals surface area contributed by atoms with Gasteiger partial charge in [-0.25, -0.2) is 9.18 Å². The fourth-order valence-corrected chi connectivity index (χ4v) is 4.50. The number of benzene rings is 2. The molecule has 1 fully saturated rings. The molecule has 4 rings (SSSR count). The predicted molar refractivity (Wildman–Crippen MR) is 122 cm³/mol. The summed E-state index contributed by atoms with van der Waals surface area (Å²) in [6.07, 6.45) is 3.91. The maximum absolute atomic E-state index is 13.4. The van der Waals surface area contributed by atoms with Crippen LogP contribution in [0, 0.1) is 5.82 Å². The van der Waals surface area contributed by atoms with Gasteiger partial charge in [-0.3, -0.25) is 0 Å². The van der Waals surface area contributed by atoms with Crippen molar-refractivity contribution in [3.8, 4) is 5.69 Å². The molecule has 0 bridgehead atoms. The molecule has 1 saturated heterocycles. The summed E-state index contributed by atoms with van der Waals surface area (Å²) in [7, 11) is 0. The summed E-state index contributed by atoms with van der Waals surface area (Å²) >= 11 is 6.29. The van der Waals surface area contributed by atoms with Crippen molar-refractivity contribution in [2.24, 2.45) is 0 Å². The van der Waals surface area contributed by atoms with E-state index >= 15 is 0 Å². The molecular formula is C24H27ClFN3O2. The molecule has 0 spiro atoms. The Labute approximate surface area is 186 Å². The summed E-state index contributed by atoms with van der Waals surface area (Å²) in [5.74, 6) is 0.197. The number of rotatable bonds is 6. The molecule has 1 aliphatic heterocycles. The molecule has 2 aromatic carbocycles. The molecule has 0 aliphatic carbocycles. The number of ether oxygens (including phenoxy) is 1. The highest BCUT2D eigenvalue weighted by atomic mass is 35.5. The lowest BCUT2D eigenvalue weighted by Crippen LogP contribution is -2.39. The molecule has 2 heterocycles. The third kappa shape index (κ3) is 5.02. The minimum Gasteiger partial charge on any atom is -0.450 e. The lowest BCUT2D eigenvalue weighted by atomic mass is 9.89. The van der Waals surface area contributed by atoms with Crippen LogP contribution < -0.4 is 5.32 Å². The molecule has 1 aromatic heterocycles.